The van der Waals surface area contributed by atoms with Crippen LogP contribution in [0.2, 0.25) is 0 Å². The first-order valence-corrected chi connectivity index (χ1v) is 4.16. The van der Waals surface area contributed by atoms with E-state index in [1.807, 2.05) is 19.0 Å². The molecular weight excluding hydrogens is 154 g/mol. The van der Waals surface area contributed by atoms with Crippen LogP contribution in [0, 0.1) is 0 Å². The van der Waals surface area contributed by atoms with E-state index in [0.717, 1.165) is 12.3 Å². The number of rotatable bonds is 3. The summed E-state index contributed by atoms with van der Waals surface area (Å²) in [4.78, 5) is 6.06. The molecular formula is C8H15N3O. The predicted octanol–water partition coefficient (Wildman–Crippen LogP) is 1.65. The fraction of sp³-hybridized carbons (Fsp3) is 0.750. The standard InChI is InChI=1S/C8H15N3O/c1-5-6(2)7-9-8(10-12-7)11(3)4/h6H,5H2,1-4H3. The van der Waals surface area contributed by atoms with Crippen molar-refractivity contribution in [3.05, 3.63) is 5.89 Å². The molecule has 1 heterocycles. The Labute approximate surface area is 72.6 Å². The Morgan fingerprint density at radius 3 is 2.58 bits per heavy atom. The molecule has 0 saturated heterocycles. The SMILES string of the molecule is CCC(C)c1nc(N(C)C)no1. The van der Waals surface area contributed by atoms with Gasteiger partial charge in [-0.2, -0.15) is 4.98 Å². The van der Waals surface area contributed by atoms with Crippen molar-refractivity contribution in [2.45, 2.75) is 26.2 Å². The Balaban J connectivity index is 2.77. The molecule has 0 bridgehead atoms. The average Bonchev–Trinajstić information content (AvgIpc) is 2.51. The first kappa shape index (κ1) is 9.03. The summed E-state index contributed by atoms with van der Waals surface area (Å²) >= 11 is 0. The molecule has 1 unspecified atom stereocenters. The zero-order valence-corrected chi connectivity index (χ0v) is 8.03. The van der Waals surface area contributed by atoms with Crippen molar-refractivity contribution >= 4 is 5.95 Å². The van der Waals surface area contributed by atoms with Gasteiger partial charge in [0.2, 0.25) is 5.89 Å². The van der Waals surface area contributed by atoms with Gasteiger partial charge in [-0.15, -0.1) is 0 Å². The number of anilines is 1. The molecule has 0 aromatic carbocycles. The Kier molecular flexibility index (Phi) is 2.68. The molecule has 0 aliphatic carbocycles. The van der Waals surface area contributed by atoms with Crippen LogP contribution in [-0.4, -0.2) is 24.2 Å². The van der Waals surface area contributed by atoms with Crippen LogP contribution < -0.4 is 4.90 Å². The maximum absolute atomic E-state index is 5.08. The molecule has 0 fully saturated rings. The molecule has 1 atom stereocenters. The molecule has 0 aliphatic rings. The smallest absolute Gasteiger partial charge is 0.265 e. The molecule has 0 radical (unpaired) electrons. The van der Waals surface area contributed by atoms with Crippen LogP contribution in [0.1, 0.15) is 32.1 Å². The third-order valence-electron chi connectivity index (χ3n) is 1.86. The van der Waals surface area contributed by atoms with Crippen LogP contribution in [-0.2, 0) is 0 Å². The molecule has 0 N–H and O–H groups in total. The van der Waals surface area contributed by atoms with E-state index in [-0.39, 0.29) is 0 Å². The van der Waals surface area contributed by atoms with Gasteiger partial charge in [-0.05, 0) is 11.6 Å². The minimum absolute atomic E-state index is 0.353. The number of hydrogen-bond acceptors (Lipinski definition) is 4. The second-order valence-electron chi connectivity index (χ2n) is 3.14. The highest BCUT2D eigenvalue weighted by molar-refractivity contribution is 5.24. The van der Waals surface area contributed by atoms with Crippen molar-refractivity contribution in [2.24, 2.45) is 0 Å². The molecule has 1 aromatic heterocycles. The lowest BCUT2D eigenvalue weighted by Gasteiger charge is -2.03. The average molecular weight is 169 g/mol. The topological polar surface area (TPSA) is 42.2 Å². The van der Waals surface area contributed by atoms with Crippen molar-refractivity contribution in [1.29, 1.82) is 0 Å². The molecule has 0 aliphatic heterocycles. The normalized spacial score (nSPS) is 13.0. The highest BCUT2D eigenvalue weighted by Crippen LogP contribution is 2.17. The third kappa shape index (κ3) is 1.75. The number of nitrogens with zero attached hydrogens (tertiary/aromatic N) is 3. The van der Waals surface area contributed by atoms with Crippen LogP contribution in [0.3, 0.4) is 0 Å². The lowest BCUT2D eigenvalue weighted by molar-refractivity contribution is 0.356. The Bertz CT molecular complexity index is 244. The maximum Gasteiger partial charge on any atom is 0.265 e. The van der Waals surface area contributed by atoms with E-state index in [0.29, 0.717) is 11.9 Å². The Morgan fingerprint density at radius 1 is 1.50 bits per heavy atom. The highest BCUT2D eigenvalue weighted by atomic mass is 16.5. The second-order valence-corrected chi connectivity index (χ2v) is 3.14. The van der Waals surface area contributed by atoms with Gasteiger partial charge in [-0.1, -0.05) is 13.8 Å². The van der Waals surface area contributed by atoms with Crippen LogP contribution >= 0.6 is 0 Å². The summed E-state index contributed by atoms with van der Waals surface area (Å²) in [5.41, 5.74) is 0. The Hall–Kier alpha value is -1.06. The third-order valence-corrected chi connectivity index (χ3v) is 1.86. The van der Waals surface area contributed by atoms with Gasteiger partial charge >= 0.3 is 0 Å². The van der Waals surface area contributed by atoms with Crippen LogP contribution in [0.4, 0.5) is 5.95 Å². The van der Waals surface area contributed by atoms with Gasteiger partial charge in [0.15, 0.2) is 0 Å². The molecule has 1 rings (SSSR count). The van der Waals surface area contributed by atoms with E-state index in [9.17, 15) is 0 Å². The van der Waals surface area contributed by atoms with E-state index in [1.54, 1.807) is 0 Å². The minimum Gasteiger partial charge on any atom is -0.344 e. The second kappa shape index (κ2) is 3.56. The summed E-state index contributed by atoms with van der Waals surface area (Å²) in [6.45, 7) is 4.18. The van der Waals surface area contributed by atoms with E-state index in [4.69, 9.17) is 4.52 Å². The molecule has 68 valence electrons. The molecule has 0 saturated carbocycles. The summed E-state index contributed by atoms with van der Waals surface area (Å²) in [6, 6.07) is 0. The van der Waals surface area contributed by atoms with Gasteiger partial charge in [0, 0.05) is 20.0 Å². The van der Waals surface area contributed by atoms with Crippen LogP contribution in [0.25, 0.3) is 0 Å². The summed E-state index contributed by atoms with van der Waals surface area (Å²) in [5, 5.41) is 3.82. The molecule has 1 aromatic rings. The van der Waals surface area contributed by atoms with E-state index in [1.165, 1.54) is 0 Å². The Morgan fingerprint density at radius 2 is 2.17 bits per heavy atom. The predicted molar refractivity (Wildman–Crippen MR) is 47.3 cm³/mol. The molecule has 4 nitrogen and oxygen atoms in total. The summed E-state index contributed by atoms with van der Waals surface area (Å²) in [5.74, 6) is 1.72. The fourth-order valence-corrected chi connectivity index (χ4v) is 0.783. The van der Waals surface area contributed by atoms with Gasteiger partial charge in [-0.3, -0.25) is 0 Å². The van der Waals surface area contributed by atoms with Gasteiger partial charge in [0.25, 0.3) is 5.95 Å². The monoisotopic (exact) mass is 169 g/mol. The number of hydrogen-bond donors (Lipinski definition) is 0. The summed E-state index contributed by atoms with van der Waals surface area (Å²) in [7, 11) is 3.79. The van der Waals surface area contributed by atoms with Gasteiger partial charge in [-0.25, -0.2) is 0 Å². The first-order valence-electron chi connectivity index (χ1n) is 4.16. The lowest BCUT2D eigenvalue weighted by atomic mass is 10.1. The lowest BCUT2D eigenvalue weighted by Crippen LogP contribution is -2.10. The quantitative estimate of drug-likeness (QED) is 0.690. The van der Waals surface area contributed by atoms with Gasteiger partial charge in [0.05, 0.1) is 0 Å². The van der Waals surface area contributed by atoms with Crippen molar-refractivity contribution in [1.82, 2.24) is 10.1 Å². The number of aromatic nitrogens is 2. The molecule has 0 amide bonds. The van der Waals surface area contributed by atoms with E-state index in [2.05, 4.69) is 24.0 Å². The first-order chi connectivity index (χ1) is 5.65. The van der Waals surface area contributed by atoms with E-state index < -0.39 is 0 Å². The van der Waals surface area contributed by atoms with Crippen molar-refractivity contribution in [3.63, 3.8) is 0 Å². The van der Waals surface area contributed by atoms with Crippen molar-refractivity contribution in [3.8, 4) is 0 Å². The zero-order chi connectivity index (χ0) is 9.14. The van der Waals surface area contributed by atoms with Crippen LogP contribution in [0.5, 0.6) is 0 Å². The zero-order valence-electron chi connectivity index (χ0n) is 8.03. The van der Waals surface area contributed by atoms with Crippen LogP contribution in [0.15, 0.2) is 4.52 Å². The van der Waals surface area contributed by atoms with Crippen molar-refractivity contribution < 1.29 is 4.52 Å². The summed E-state index contributed by atoms with van der Waals surface area (Å²) in [6.07, 6.45) is 1.02. The van der Waals surface area contributed by atoms with E-state index >= 15 is 0 Å². The largest absolute Gasteiger partial charge is 0.344 e. The molecule has 0 spiro atoms. The molecule has 4 heteroatoms. The maximum atomic E-state index is 5.08. The highest BCUT2D eigenvalue weighted by Gasteiger charge is 2.12. The molecule has 12 heavy (non-hydrogen) atoms. The summed E-state index contributed by atoms with van der Waals surface area (Å²) < 4.78 is 5.08. The van der Waals surface area contributed by atoms with Gasteiger partial charge < -0.3 is 9.42 Å². The minimum atomic E-state index is 0.353. The fourth-order valence-electron chi connectivity index (χ4n) is 0.783. The van der Waals surface area contributed by atoms with Crippen molar-refractivity contribution in [2.75, 3.05) is 19.0 Å². The van der Waals surface area contributed by atoms with Gasteiger partial charge in [0.1, 0.15) is 0 Å².